The van der Waals surface area contributed by atoms with Crippen molar-refractivity contribution in [3.63, 3.8) is 0 Å². The van der Waals surface area contributed by atoms with E-state index in [0.717, 1.165) is 48.7 Å². The lowest BCUT2D eigenvalue weighted by Crippen LogP contribution is -2.39. The van der Waals surface area contributed by atoms with Crippen LogP contribution in [0.2, 0.25) is 0 Å². The van der Waals surface area contributed by atoms with Gasteiger partial charge >= 0.3 is 0 Å². The van der Waals surface area contributed by atoms with Crippen LogP contribution in [0.15, 0.2) is 48.5 Å². The molecule has 1 aliphatic heterocycles. The first kappa shape index (κ1) is 19.5. The van der Waals surface area contributed by atoms with E-state index in [4.69, 9.17) is 26.4 Å². The number of hydrogen-bond donors (Lipinski definition) is 1. The van der Waals surface area contributed by atoms with Crippen molar-refractivity contribution < 1.29 is 14.2 Å². The molecule has 1 saturated heterocycles. The predicted molar refractivity (Wildman–Crippen MR) is 112 cm³/mol. The van der Waals surface area contributed by atoms with Crippen LogP contribution in [0, 0.1) is 0 Å². The minimum Gasteiger partial charge on any atom is -0.497 e. The van der Waals surface area contributed by atoms with Crippen LogP contribution in [0.4, 0.5) is 5.69 Å². The Kier molecular flexibility index (Phi) is 6.90. The summed E-state index contributed by atoms with van der Waals surface area (Å²) < 4.78 is 16.6. The van der Waals surface area contributed by atoms with Crippen molar-refractivity contribution in [2.24, 2.45) is 0 Å². The van der Waals surface area contributed by atoms with E-state index in [-0.39, 0.29) is 6.10 Å². The zero-order valence-corrected chi connectivity index (χ0v) is 16.6. The summed E-state index contributed by atoms with van der Waals surface area (Å²) in [6.07, 6.45) is 2.36. The second-order valence-electron chi connectivity index (χ2n) is 6.50. The number of hydrogen-bond acceptors (Lipinski definition) is 4. The topological polar surface area (TPSA) is 43.0 Å². The number of para-hydroxylation sites is 2. The largest absolute Gasteiger partial charge is 0.497 e. The van der Waals surface area contributed by atoms with Crippen molar-refractivity contribution in [1.29, 1.82) is 0 Å². The normalized spacial score (nSPS) is 16.0. The van der Waals surface area contributed by atoms with Gasteiger partial charge in [0.15, 0.2) is 5.11 Å². The van der Waals surface area contributed by atoms with Crippen LogP contribution in [-0.2, 0) is 11.3 Å². The van der Waals surface area contributed by atoms with Crippen LogP contribution < -0.4 is 14.8 Å². The summed E-state index contributed by atoms with van der Waals surface area (Å²) in [5.74, 6) is 1.60. The molecule has 1 aliphatic rings. The van der Waals surface area contributed by atoms with E-state index in [1.54, 1.807) is 14.2 Å². The van der Waals surface area contributed by atoms with E-state index in [0.29, 0.717) is 11.7 Å². The molecule has 1 heterocycles. The maximum Gasteiger partial charge on any atom is 0.173 e. The van der Waals surface area contributed by atoms with Crippen LogP contribution >= 0.6 is 12.2 Å². The molecule has 2 aromatic rings. The maximum absolute atomic E-state index is 5.83. The standard InChI is InChI=1S/C21H26N2O3S/c1-24-17-8-5-7-16(13-17)14-23(15-18-9-6-12-26-18)21(27)22-19-10-3-4-11-20(19)25-2/h3-5,7-8,10-11,13,18H,6,9,12,14-15H2,1-2H3,(H,22,27). The van der Waals surface area contributed by atoms with Crippen LogP contribution in [0.1, 0.15) is 18.4 Å². The van der Waals surface area contributed by atoms with E-state index in [1.165, 1.54) is 0 Å². The summed E-state index contributed by atoms with van der Waals surface area (Å²) in [5.41, 5.74) is 1.99. The molecule has 144 valence electrons. The number of rotatable bonds is 7. The Morgan fingerprint density at radius 3 is 2.78 bits per heavy atom. The highest BCUT2D eigenvalue weighted by atomic mass is 32.1. The molecule has 1 fully saturated rings. The molecule has 1 N–H and O–H groups in total. The molecular weight excluding hydrogens is 360 g/mol. The van der Waals surface area contributed by atoms with Crippen LogP contribution in [0.3, 0.4) is 0 Å². The fraction of sp³-hybridized carbons (Fsp3) is 0.381. The maximum atomic E-state index is 5.83. The molecule has 0 amide bonds. The van der Waals surface area contributed by atoms with Crippen molar-refractivity contribution >= 4 is 23.0 Å². The third-order valence-electron chi connectivity index (χ3n) is 4.59. The first-order valence-corrected chi connectivity index (χ1v) is 9.54. The van der Waals surface area contributed by atoms with Crippen LogP contribution in [0.25, 0.3) is 0 Å². The van der Waals surface area contributed by atoms with E-state index in [1.807, 2.05) is 42.5 Å². The zero-order valence-electron chi connectivity index (χ0n) is 15.8. The molecule has 1 atom stereocenters. The van der Waals surface area contributed by atoms with E-state index >= 15 is 0 Å². The quantitative estimate of drug-likeness (QED) is 0.723. The Balaban J connectivity index is 1.76. The molecule has 0 bridgehead atoms. The molecule has 0 saturated carbocycles. The van der Waals surface area contributed by atoms with Gasteiger partial charge in [-0.2, -0.15) is 0 Å². The third-order valence-corrected chi connectivity index (χ3v) is 4.95. The molecule has 2 aromatic carbocycles. The first-order chi connectivity index (χ1) is 13.2. The number of methoxy groups -OCH3 is 2. The van der Waals surface area contributed by atoms with Crippen LogP contribution in [-0.4, -0.2) is 43.5 Å². The summed E-state index contributed by atoms with van der Waals surface area (Å²) in [5, 5.41) is 3.98. The predicted octanol–water partition coefficient (Wildman–Crippen LogP) is 4.08. The van der Waals surface area contributed by atoms with Crippen molar-refractivity contribution in [1.82, 2.24) is 4.90 Å². The van der Waals surface area contributed by atoms with Gasteiger partial charge in [0.2, 0.25) is 0 Å². The number of anilines is 1. The molecule has 1 unspecified atom stereocenters. The van der Waals surface area contributed by atoms with Crippen LogP contribution in [0.5, 0.6) is 11.5 Å². The van der Waals surface area contributed by atoms with Crippen molar-refractivity contribution in [3.8, 4) is 11.5 Å². The smallest absolute Gasteiger partial charge is 0.173 e. The lowest BCUT2D eigenvalue weighted by Gasteiger charge is -2.29. The van der Waals surface area contributed by atoms with Gasteiger partial charge in [-0.15, -0.1) is 0 Å². The molecule has 27 heavy (non-hydrogen) atoms. The Bertz CT molecular complexity index is 763. The van der Waals surface area contributed by atoms with Gasteiger partial charge in [0, 0.05) is 19.7 Å². The summed E-state index contributed by atoms with van der Waals surface area (Å²) in [6, 6.07) is 15.8. The molecule has 0 aromatic heterocycles. The molecule has 0 aliphatic carbocycles. The summed E-state index contributed by atoms with van der Waals surface area (Å²) in [7, 11) is 3.33. The Hall–Kier alpha value is -2.31. The first-order valence-electron chi connectivity index (χ1n) is 9.13. The van der Waals surface area contributed by atoms with E-state index in [9.17, 15) is 0 Å². The average molecular weight is 387 g/mol. The fourth-order valence-electron chi connectivity index (χ4n) is 3.19. The Morgan fingerprint density at radius 1 is 1.19 bits per heavy atom. The lowest BCUT2D eigenvalue weighted by molar-refractivity contribution is 0.0905. The van der Waals surface area contributed by atoms with Gasteiger partial charge in [0.05, 0.1) is 26.0 Å². The minimum atomic E-state index is 0.202. The summed E-state index contributed by atoms with van der Waals surface area (Å²) >= 11 is 5.73. The number of benzene rings is 2. The second kappa shape index (κ2) is 9.58. The highest BCUT2D eigenvalue weighted by Crippen LogP contribution is 2.24. The summed E-state index contributed by atoms with van der Waals surface area (Å²) in [4.78, 5) is 2.15. The van der Waals surface area contributed by atoms with Gasteiger partial charge in [-0.1, -0.05) is 24.3 Å². The average Bonchev–Trinajstić information content (AvgIpc) is 3.21. The molecular formula is C21H26N2O3S. The van der Waals surface area contributed by atoms with Gasteiger partial charge in [-0.05, 0) is 54.9 Å². The van der Waals surface area contributed by atoms with Crippen molar-refractivity contribution in [2.75, 3.05) is 32.7 Å². The SMILES string of the molecule is COc1cccc(CN(CC2CCCO2)C(=S)Nc2ccccc2OC)c1. The Labute approximate surface area is 166 Å². The van der Waals surface area contributed by atoms with Crippen molar-refractivity contribution in [3.05, 3.63) is 54.1 Å². The van der Waals surface area contributed by atoms with Gasteiger partial charge in [-0.25, -0.2) is 0 Å². The molecule has 6 heteroatoms. The monoisotopic (exact) mass is 386 g/mol. The third kappa shape index (κ3) is 5.34. The molecule has 0 spiro atoms. The fourth-order valence-corrected chi connectivity index (χ4v) is 3.44. The van der Waals surface area contributed by atoms with Gasteiger partial charge in [0.1, 0.15) is 11.5 Å². The Morgan fingerprint density at radius 2 is 2.04 bits per heavy atom. The highest BCUT2D eigenvalue weighted by molar-refractivity contribution is 7.80. The van der Waals surface area contributed by atoms with E-state index in [2.05, 4.69) is 16.3 Å². The number of thiocarbonyl (C=S) groups is 1. The lowest BCUT2D eigenvalue weighted by atomic mass is 10.2. The number of ether oxygens (including phenoxy) is 3. The van der Waals surface area contributed by atoms with Crippen molar-refractivity contribution in [2.45, 2.75) is 25.5 Å². The zero-order chi connectivity index (χ0) is 19.1. The molecule has 3 rings (SSSR count). The molecule has 0 radical (unpaired) electrons. The van der Waals surface area contributed by atoms with Gasteiger partial charge in [0.25, 0.3) is 0 Å². The second-order valence-corrected chi connectivity index (χ2v) is 6.88. The highest BCUT2D eigenvalue weighted by Gasteiger charge is 2.22. The summed E-state index contributed by atoms with van der Waals surface area (Å²) in [6.45, 7) is 2.25. The van der Waals surface area contributed by atoms with Gasteiger partial charge < -0.3 is 24.4 Å². The number of nitrogens with one attached hydrogen (secondary N) is 1. The van der Waals surface area contributed by atoms with Gasteiger partial charge in [-0.3, -0.25) is 0 Å². The van der Waals surface area contributed by atoms with E-state index < -0.39 is 0 Å². The minimum absolute atomic E-state index is 0.202. The number of nitrogens with zero attached hydrogens (tertiary/aromatic N) is 1. The molecule has 5 nitrogen and oxygen atoms in total.